The molecule has 158 valence electrons. The van der Waals surface area contributed by atoms with Crippen molar-refractivity contribution in [2.24, 2.45) is 5.92 Å². The first-order chi connectivity index (χ1) is 14.3. The van der Waals surface area contributed by atoms with Crippen molar-refractivity contribution in [3.05, 3.63) is 65.2 Å². The molecule has 8 heteroatoms. The van der Waals surface area contributed by atoms with E-state index in [-0.39, 0.29) is 37.4 Å². The molecule has 1 N–H and O–H groups in total. The summed E-state index contributed by atoms with van der Waals surface area (Å²) >= 11 is 0. The Balaban J connectivity index is 1.30. The Labute approximate surface area is 171 Å². The largest absolute Gasteiger partial charge is 0.488 e. The third-order valence-electron chi connectivity index (χ3n) is 5.43. The van der Waals surface area contributed by atoms with Gasteiger partial charge >= 0.3 is 6.18 Å². The second kappa shape index (κ2) is 8.01. The van der Waals surface area contributed by atoms with Gasteiger partial charge in [0.1, 0.15) is 11.9 Å². The fourth-order valence-electron chi connectivity index (χ4n) is 3.89. The van der Waals surface area contributed by atoms with Crippen molar-refractivity contribution in [3.63, 3.8) is 0 Å². The van der Waals surface area contributed by atoms with E-state index in [4.69, 9.17) is 4.74 Å². The molecule has 2 amide bonds. The summed E-state index contributed by atoms with van der Waals surface area (Å²) in [7, 11) is 0. The summed E-state index contributed by atoms with van der Waals surface area (Å²) < 4.78 is 44.4. The molecule has 1 saturated heterocycles. The van der Waals surface area contributed by atoms with Gasteiger partial charge in [-0.15, -0.1) is 0 Å². The van der Waals surface area contributed by atoms with Crippen LogP contribution in [0.15, 0.2) is 48.5 Å². The van der Waals surface area contributed by atoms with Gasteiger partial charge < -0.3 is 15.0 Å². The van der Waals surface area contributed by atoms with E-state index in [1.807, 2.05) is 24.3 Å². The number of nitrogens with one attached hydrogen (secondary N) is 1. The highest BCUT2D eigenvalue weighted by atomic mass is 19.4. The fraction of sp³-hybridized carbons (Fsp3) is 0.364. The van der Waals surface area contributed by atoms with E-state index < -0.39 is 17.7 Å². The van der Waals surface area contributed by atoms with Gasteiger partial charge in [-0.05, 0) is 29.3 Å². The van der Waals surface area contributed by atoms with Crippen molar-refractivity contribution in [1.82, 2.24) is 10.2 Å². The molecule has 0 radical (unpaired) electrons. The van der Waals surface area contributed by atoms with Crippen LogP contribution < -0.4 is 10.1 Å². The third-order valence-corrected chi connectivity index (χ3v) is 5.43. The number of halogens is 3. The Morgan fingerprint density at radius 2 is 1.93 bits per heavy atom. The summed E-state index contributed by atoms with van der Waals surface area (Å²) in [6.45, 7) is 0.575. The van der Waals surface area contributed by atoms with Crippen molar-refractivity contribution in [3.8, 4) is 5.75 Å². The summed E-state index contributed by atoms with van der Waals surface area (Å²) in [4.78, 5) is 26.2. The smallest absolute Gasteiger partial charge is 0.416 e. The first-order valence-corrected chi connectivity index (χ1v) is 9.76. The molecular formula is C22H21F3N2O3. The molecule has 2 heterocycles. The molecule has 0 aliphatic carbocycles. The predicted molar refractivity (Wildman–Crippen MR) is 103 cm³/mol. The number of hydrogen-bond acceptors (Lipinski definition) is 3. The molecular weight excluding hydrogens is 397 g/mol. The molecule has 1 fully saturated rings. The SMILES string of the molecule is O=C(NCC1Cc2ccccc2O1)C1CC(=O)N(Cc2cccc(C(F)(F)F)c2)C1. The second-order valence-corrected chi connectivity index (χ2v) is 7.67. The minimum absolute atomic E-state index is 0.0492. The van der Waals surface area contributed by atoms with Crippen LogP contribution in [0.25, 0.3) is 0 Å². The second-order valence-electron chi connectivity index (χ2n) is 7.67. The fourth-order valence-corrected chi connectivity index (χ4v) is 3.89. The van der Waals surface area contributed by atoms with Crippen LogP contribution in [-0.4, -0.2) is 35.9 Å². The summed E-state index contributed by atoms with van der Waals surface area (Å²) in [5.74, 6) is -0.182. The Morgan fingerprint density at radius 1 is 1.13 bits per heavy atom. The summed E-state index contributed by atoms with van der Waals surface area (Å²) in [5, 5.41) is 2.84. The molecule has 2 aromatic carbocycles. The Hall–Kier alpha value is -3.03. The molecule has 2 atom stereocenters. The number of hydrogen-bond donors (Lipinski definition) is 1. The summed E-state index contributed by atoms with van der Waals surface area (Å²) in [6.07, 6.45) is -3.82. The predicted octanol–water partition coefficient (Wildman–Crippen LogP) is 3.17. The van der Waals surface area contributed by atoms with E-state index >= 15 is 0 Å². The maximum atomic E-state index is 12.9. The van der Waals surface area contributed by atoms with E-state index in [1.165, 1.54) is 11.0 Å². The molecule has 30 heavy (non-hydrogen) atoms. The third kappa shape index (κ3) is 4.42. The number of likely N-dealkylation sites (tertiary alicyclic amines) is 1. The van der Waals surface area contributed by atoms with Crippen LogP contribution in [0, 0.1) is 5.92 Å². The topological polar surface area (TPSA) is 58.6 Å². The maximum absolute atomic E-state index is 12.9. The molecule has 2 aromatic rings. The van der Waals surface area contributed by atoms with Crippen LogP contribution in [0.3, 0.4) is 0 Å². The number of amides is 2. The number of carbonyl (C=O) groups excluding carboxylic acids is 2. The zero-order valence-electron chi connectivity index (χ0n) is 16.1. The van der Waals surface area contributed by atoms with Gasteiger partial charge in [0.2, 0.25) is 11.8 Å². The van der Waals surface area contributed by atoms with Gasteiger partial charge in [0, 0.05) is 25.9 Å². The molecule has 2 aliphatic rings. The highest BCUT2D eigenvalue weighted by molar-refractivity contribution is 5.89. The zero-order chi connectivity index (χ0) is 21.3. The van der Waals surface area contributed by atoms with Gasteiger partial charge in [0.25, 0.3) is 0 Å². The van der Waals surface area contributed by atoms with E-state index in [9.17, 15) is 22.8 Å². The van der Waals surface area contributed by atoms with Crippen LogP contribution in [0.5, 0.6) is 5.75 Å². The number of nitrogens with zero attached hydrogens (tertiary/aromatic N) is 1. The molecule has 0 spiro atoms. The monoisotopic (exact) mass is 418 g/mol. The summed E-state index contributed by atoms with van der Waals surface area (Å²) in [6, 6.07) is 12.6. The first kappa shape index (κ1) is 20.3. The maximum Gasteiger partial charge on any atom is 0.416 e. The van der Waals surface area contributed by atoms with E-state index in [2.05, 4.69) is 5.32 Å². The minimum atomic E-state index is -4.44. The number of alkyl halides is 3. The lowest BCUT2D eigenvalue weighted by molar-refractivity contribution is -0.137. The Morgan fingerprint density at radius 3 is 2.70 bits per heavy atom. The molecule has 0 aromatic heterocycles. The van der Waals surface area contributed by atoms with Crippen LogP contribution in [-0.2, 0) is 28.7 Å². The van der Waals surface area contributed by atoms with Crippen molar-refractivity contribution in [2.75, 3.05) is 13.1 Å². The van der Waals surface area contributed by atoms with Crippen LogP contribution in [0.4, 0.5) is 13.2 Å². The average Bonchev–Trinajstić information content (AvgIpc) is 3.29. The Kier molecular flexibility index (Phi) is 5.40. The van der Waals surface area contributed by atoms with E-state index in [0.29, 0.717) is 18.5 Å². The molecule has 2 unspecified atom stereocenters. The molecule has 4 rings (SSSR count). The van der Waals surface area contributed by atoms with Gasteiger partial charge in [-0.2, -0.15) is 13.2 Å². The van der Waals surface area contributed by atoms with Crippen molar-refractivity contribution >= 4 is 11.8 Å². The minimum Gasteiger partial charge on any atom is -0.488 e. The average molecular weight is 418 g/mol. The normalized spacial score (nSPS) is 20.8. The number of para-hydroxylation sites is 1. The lowest BCUT2D eigenvalue weighted by Crippen LogP contribution is -2.38. The molecule has 0 bridgehead atoms. The Bertz CT molecular complexity index is 936. The van der Waals surface area contributed by atoms with Gasteiger partial charge in [0.05, 0.1) is 18.0 Å². The standard InChI is InChI=1S/C22H21F3N2O3/c23-22(24,25)17-6-3-4-14(8-17)12-27-13-16(10-20(27)28)21(29)26-11-18-9-15-5-1-2-7-19(15)30-18/h1-8,16,18H,9-13H2,(H,26,29). The van der Waals surface area contributed by atoms with Crippen molar-refractivity contribution in [1.29, 1.82) is 0 Å². The highest BCUT2D eigenvalue weighted by Gasteiger charge is 2.35. The number of ether oxygens (including phenoxy) is 1. The van der Waals surface area contributed by atoms with Gasteiger partial charge in [0.15, 0.2) is 0 Å². The number of fused-ring (bicyclic) bond motifs is 1. The van der Waals surface area contributed by atoms with Gasteiger partial charge in [-0.25, -0.2) is 0 Å². The van der Waals surface area contributed by atoms with Crippen LogP contribution in [0.1, 0.15) is 23.1 Å². The number of carbonyl (C=O) groups is 2. The number of benzene rings is 2. The molecule has 5 nitrogen and oxygen atoms in total. The highest BCUT2D eigenvalue weighted by Crippen LogP contribution is 2.31. The zero-order valence-corrected chi connectivity index (χ0v) is 16.1. The van der Waals surface area contributed by atoms with Gasteiger partial charge in [-0.1, -0.05) is 30.3 Å². The molecule has 2 aliphatic heterocycles. The number of rotatable bonds is 5. The summed E-state index contributed by atoms with van der Waals surface area (Å²) in [5.41, 5.74) is 0.731. The molecule has 0 saturated carbocycles. The van der Waals surface area contributed by atoms with E-state index in [0.717, 1.165) is 23.4 Å². The lowest BCUT2D eigenvalue weighted by atomic mass is 10.1. The van der Waals surface area contributed by atoms with E-state index in [1.54, 1.807) is 6.07 Å². The van der Waals surface area contributed by atoms with Crippen LogP contribution in [0.2, 0.25) is 0 Å². The quantitative estimate of drug-likeness (QED) is 0.812. The van der Waals surface area contributed by atoms with Crippen molar-refractivity contribution < 1.29 is 27.5 Å². The first-order valence-electron chi connectivity index (χ1n) is 9.76. The van der Waals surface area contributed by atoms with Gasteiger partial charge in [-0.3, -0.25) is 9.59 Å². The van der Waals surface area contributed by atoms with Crippen LogP contribution >= 0.6 is 0 Å². The van der Waals surface area contributed by atoms with Crippen molar-refractivity contribution in [2.45, 2.75) is 31.7 Å². The lowest BCUT2D eigenvalue weighted by Gasteiger charge is -2.18.